The van der Waals surface area contributed by atoms with Crippen molar-refractivity contribution in [2.75, 3.05) is 45.5 Å². The van der Waals surface area contributed by atoms with Crippen molar-refractivity contribution in [3.05, 3.63) is 24.2 Å². The van der Waals surface area contributed by atoms with Gasteiger partial charge in [-0.3, -0.25) is 9.69 Å². The molecule has 8 heteroatoms. The summed E-state index contributed by atoms with van der Waals surface area (Å²) < 4.78 is 30.4. The van der Waals surface area contributed by atoms with Crippen molar-refractivity contribution in [1.29, 1.82) is 0 Å². The average molecular weight is 355 g/mol. The standard InChI is InChI=1S/C16H25N3O4S/c1-3-16(6-7-19(13-16)24(2,21)22)18-10-8-17(9-11-18)15(20)14-5-4-12-23-14/h4-5,12H,3,6-11,13H2,1-2H3. The van der Waals surface area contributed by atoms with Crippen LogP contribution in [0.25, 0.3) is 0 Å². The van der Waals surface area contributed by atoms with E-state index >= 15 is 0 Å². The van der Waals surface area contributed by atoms with Crippen LogP contribution in [0.1, 0.15) is 30.3 Å². The zero-order valence-electron chi connectivity index (χ0n) is 14.3. The zero-order chi connectivity index (χ0) is 17.4. The molecule has 2 saturated heterocycles. The molecule has 1 aromatic heterocycles. The maximum Gasteiger partial charge on any atom is 0.289 e. The Bertz CT molecular complexity index is 680. The van der Waals surface area contributed by atoms with E-state index in [0.717, 1.165) is 25.9 Å². The van der Waals surface area contributed by atoms with E-state index < -0.39 is 10.0 Å². The van der Waals surface area contributed by atoms with Crippen molar-refractivity contribution >= 4 is 15.9 Å². The molecule has 2 aliphatic rings. The van der Waals surface area contributed by atoms with Gasteiger partial charge in [-0.15, -0.1) is 0 Å². The molecule has 0 saturated carbocycles. The molecular weight excluding hydrogens is 330 g/mol. The molecule has 0 spiro atoms. The van der Waals surface area contributed by atoms with Crippen molar-refractivity contribution < 1.29 is 17.6 Å². The van der Waals surface area contributed by atoms with E-state index in [0.29, 0.717) is 31.9 Å². The van der Waals surface area contributed by atoms with Gasteiger partial charge in [-0.1, -0.05) is 6.92 Å². The van der Waals surface area contributed by atoms with Gasteiger partial charge in [0.15, 0.2) is 5.76 Å². The molecule has 3 heterocycles. The Labute approximate surface area is 143 Å². The highest BCUT2D eigenvalue weighted by Crippen LogP contribution is 2.33. The number of sulfonamides is 1. The first-order chi connectivity index (χ1) is 11.4. The van der Waals surface area contributed by atoms with Gasteiger partial charge in [0.2, 0.25) is 10.0 Å². The number of hydrogen-bond donors (Lipinski definition) is 0. The van der Waals surface area contributed by atoms with E-state index in [1.165, 1.54) is 12.5 Å². The summed E-state index contributed by atoms with van der Waals surface area (Å²) in [6.07, 6.45) is 4.54. The zero-order valence-corrected chi connectivity index (χ0v) is 15.1. The summed E-state index contributed by atoms with van der Waals surface area (Å²) in [5.41, 5.74) is -0.108. The average Bonchev–Trinajstić information content (AvgIpc) is 3.24. The van der Waals surface area contributed by atoms with Gasteiger partial charge < -0.3 is 9.32 Å². The fraction of sp³-hybridized carbons (Fsp3) is 0.688. The van der Waals surface area contributed by atoms with E-state index in [2.05, 4.69) is 11.8 Å². The van der Waals surface area contributed by atoms with E-state index in [9.17, 15) is 13.2 Å². The Morgan fingerprint density at radius 1 is 1.25 bits per heavy atom. The minimum Gasteiger partial charge on any atom is -0.459 e. The Kier molecular flexibility index (Phi) is 4.72. The molecule has 1 unspecified atom stereocenters. The molecule has 1 amide bonds. The molecule has 134 valence electrons. The fourth-order valence-electron chi connectivity index (χ4n) is 3.81. The monoisotopic (exact) mass is 355 g/mol. The molecule has 0 radical (unpaired) electrons. The molecular formula is C16H25N3O4S. The van der Waals surface area contributed by atoms with Crippen molar-refractivity contribution in [1.82, 2.24) is 14.1 Å². The molecule has 3 rings (SSSR count). The van der Waals surface area contributed by atoms with Gasteiger partial charge in [0.05, 0.1) is 12.5 Å². The Balaban J connectivity index is 1.64. The molecule has 7 nitrogen and oxygen atoms in total. The number of nitrogens with zero attached hydrogens (tertiary/aromatic N) is 3. The van der Waals surface area contributed by atoms with E-state index in [1.54, 1.807) is 16.4 Å². The molecule has 2 fully saturated rings. The maximum atomic E-state index is 12.3. The number of furan rings is 1. The summed E-state index contributed by atoms with van der Waals surface area (Å²) in [5.74, 6) is 0.298. The van der Waals surface area contributed by atoms with Gasteiger partial charge in [-0.2, -0.15) is 0 Å². The van der Waals surface area contributed by atoms with Crippen LogP contribution in [0.2, 0.25) is 0 Å². The number of carbonyl (C=O) groups excluding carboxylic acids is 1. The first-order valence-electron chi connectivity index (χ1n) is 8.39. The number of carbonyl (C=O) groups is 1. The third kappa shape index (κ3) is 3.22. The maximum absolute atomic E-state index is 12.3. The highest BCUT2D eigenvalue weighted by molar-refractivity contribution is 7.88. The number of rotatable bonds is 4. The summed E-state index contributed by atoms with van der Waals surface area (Å²) >= 11 is 0. The molecule has 0 aliphatic carbocycles. The largest absolute Gasteiger partial charge is 0.459 e. The van der Waals surface area contributed by atoms with Crippen LogP contribution in [-0.2, 0) is 10.0 Å². The van der Waals surface area contributed by atoms with Crippen LogP contribution in [0.4, 0.5) is 0 Å². The quantitative estimate of drug-likeness (QED) is 0.801. The molecule has 0 bridgehead atoms. The number of piperazine rings is 1. The van der Waals surface area contributed by atoms with Gasteiger partial charge in [-0.25, -0.2) is 12.7 Å². The third-order valence-electron chi connectivity index (χ3n) is 5.39. The summed E-state index contributed by atoms with van der Waals surface area (Å²) in [4.78, 5) is 16.5. The molecule has 1 aromatic rings. The van der Waals surface area contributed by atoms with Crippen molar-refractivity contribution in [2.24, 2.45) is 0 Å². The topological polar surface area (TPSA) is 74.1 Å². The second-order valence-corrected chi connectivity index (χ2v) is 8.66. The van der Waals surface area contributed by atoms with Crippen LogP contribution < -0.4 is 0 Å². The van der Waals surface area contributed by atoms with Crippen molar-refractivity contribution in [3.8, 4) is 0 Å². The first-order valence-corrected chi connectivity index (χ1v) is 10.2. The lowest BCUT2D eigenvalue weighted by Gasteiger charge is -2.45. The van der Waals surface area contributed by atoms with Gasteiger partial charge in [0.1, 0.15) is 0 Å². The van der Waals surface area contributed by atoms with Crippen LogP contribution in [0.3, 0.4) is 0 Å². The molecule has 1 atom stereocenters. The minimum atomic E-state index is -3.15. The Hall–Kier alpha value is -1.38. The van der Waals surface area contributed by atoms with E-state index in [4.69, 9.17) is 4.42 Å². The molecule has 24 heavy (non-hydrogen) atoms. The Morgan fingerprint density at radius 2 is 1.96 bits per heavy atom. The van der Waals surface area contributed by atoms with Gasteiger partial charge in [-0.05, 0) is 25.0 Å². The van der Waals surface area contributed by atoms with Gasteiger partial charge in [0, 0.05) is 44.8 Å². The van der Waals surface area contributed by atoms with Crippen LogP contribution >= 0.6 is 0 Å². The van der Waals surface area contributed by atoms with Crippen molar-refractivity contribution in [3.63, 3.8) is 0 Å². The normalized spacial score (nSPS) is 26.8. The van der Waals surface area contributed by atoms with Crippen LogP contribution in [0.15, 0.2) is 22.8 Å². The van der Waals surface area contributed by atoms with E-state index in [-0.39, 0.29) is 11.4 Å². The fourth-order valence-corrected chi connectivity index (χ4v) is 4.71. The van der Waals surface area contributed by atoms with Crippen molar-refractivity contribution in [2.45, 2.75) is 25.3 Å². The smallest absolute Gasteiger partial charge is 0.289 e. The van der Waals surface area contributed by atoms with Gasteiger partial charge >= 0.3 is 0 Å². The molecule has 0 N–H and O–H groups in total. The van der Waals surface area contributed by atoms with E-state index in [1.807, 2.05) is 4.90 Å². The lowest BCUT2D eigenvalue weighted by atomic mass is 9.92. The first kappa shape index (κ1) is 17.4. The van der Waals surface area contributed by atoms with Crippen LogP contribution in [0, 0.1) is 0 Å². The second-order valence-electron chi connectivity index (χ2n) is 6.68. The highest BCUT2D eigenvalue weighted by Gasteiger charge is 2.45. The van der Waals surface area contributed by atoms with Crippen LogP contribution in [0.5, 0.6) is 0 Å². The second kappa shape index (κ2) is 6.50. The summed E-state index contributed by atoms with van der Waals surface area (Å²) in [6.45, 7) is 6.05. The SMILES string of the molecule is CCC1(N2CCN(C(=O)c3ccco3)CC2)CCN(S(C)(=O)=O)C1. The Morgan fingerprint density at radius 3 is 2.46 bits per heavy atom. The third-order valence-corrected chi connectivity index (χ3v) is 6.64. The molecule has 0 aromatic carbocycles. The lowest BCUT2D eigenvalue weighted by Crippen LogP contribution is -2.59. The summed E-state index contributed by atoms with van der Waals surface area (Å²) in [6, 6.07) is 3.40. The summed E-state index contributed by atoms with van der Waals surface area (Å²) in [7, 11) is -3.15. The number of amides is 1. The lowest BCUT2D eigenvalue weighted by molar-refractivity contribution is 0.0296. The summed E-state index contributed by atoms with van der Waals surface area (Å²) in [5, 5.41) is 0. The molecule has 2 aliphatic heterocycles. The van der Waals surface area contributed by atoms with Gasteiger partial charge in [0.25, 0.3) is 5.91 Å². The predicted molar refractivity (Wildman–Crippen MR) is 90.2 cm³/mol. The van der Waals surface area contributed by atoms with Crippen LogP contribution in [-0.4, -0.2) is 79.5 Å². The minimum absolute atomic E-state index is 0.0746. The highest BCUT2D eigenvalue weighted by atomic mass is 32.2. The predicted octanol–water partition coefficient (Wildman–Crippen LogP) is 0.852. The number of hydrogen-bond acceptors (Lipinski definition) is 5.